The highest BCUT2D eigenvalue weighted by molar-refractivity contribution is 7.89. The number of nitrogens with one attached hydrogen (secondary N) is 1. The Morgan fingerprint density at radius 3 is 2.68 bits per heavy atom. The van der Waals surface area contributed by atoms with Crippen LogP contribution in [-0.2, 0) is 14.8 Å². The van der Waals surface area contributed by atoms with Crippen LogP contribution in [-0.4, -0.2) is 61.3 Å². The van der Waals surface area contributed by atoms with E-state index in [4.69, 9.17) is 10.5 Å². The number of rotatable bonds is 4. The van der Waals surface area contributed by atoms with Crippen LogP contribution >= 0.6 is 0 Å². The molecule has 3 aliphatic heterocycles. The highest BCUT2D eigenvalue weighted by Gasteiger charge is 2.44. The first-order chi connectivity index (χ1) is 14.8. The zero-order chi connectivity index (χ0) is 21.8. The van der Waals surface area contributed by atoms with Gasteiger partial charge in [-0.1, -0.05) is 12.8 Å². The minimum absolute atomic E-state index is 0.00972. The summed E-state index contributed by atoms with van der Waals surface area (Å²) >= 11 is 0. The lowest BCUT2D eigenvalue weighted by molar-refractivity contribution is -0.0472. The zero-order valence-corrected chi connectivity index (χ0v) is 18.1. The average Bonchev–Trinajstić information content (AvgIpc) is 3.47. The van der Waals surface area contributed by atoms with Crippen molar-refractivity contribution in [3.63, 3.8) is 0 Å². The first-order valence-electron chi connectivity index (χ1n) is 10.9. The smallest absolute Gasteiger partial charge is 0.251 e. The van der Waals surface area contributed by atoms with E-state index >= 15 is 0 Å². The van der Waals surface area contributed by atoms with Crippen molar-refractivity contribution >= 4 is 10.0 Å². The Hall–Kier alpha value is -1.59. The Morgan fingerprint density at radius 2 is 1.94 bits per heavy atom. The minimum Gasteiger partial charge on any atom is -0.370 e. The van der Waals surface area contributed by atoms with E-state index < -0.39 is 33.8 Å². The quantitative estimate of drug-likeness (QED) is 0.721. The maximum absolute atomic E-state index is 14.2. The third kappa shape index (κ3) is 3.78. The van der Waals surface area contributed by atoms with Crippen LogP contribution in [0.2, 0.25) is 0 Å². The minimum atomic E-state index is -3.41. The van der Waals surface area contributed by atoms with E-state index in [2.05, 4.69) is 10.3 Å². The molecule has 2 fully saturated rings. The first kappa shape index (κ1) is 21.3. The summed E-state index contributed by atoms with van der Waals surface area (Å²) in [5, 5.41) is -0.311. The van der Waals surface area contributed by atoms with Gasteiger partial charge in [-0.2, -0.15) is 0 Å². The van der Waals surface area contributed by atoms with E-state index in [0.29, 0.717) is 32.7 Å². The van der Waals surface area contributed by atoms with E-state index in [1.807, 2.05) is 0 Å². The zero-order valence-electron chi connectivity index (χ0n) is 17.3. The third-order valence-corrected chi connectivity index (χ3v) is 9.17. The predicted molar refractivity (Wildman–Crippen MR) is 111 cm³/mol. The molecule has 1 aromatic rings. The molecular formula is C21H28F2N4O3S. The van der Waals surface area contributed by atoms with Gasteiger partial charge in [0.05, 0.1) is 17.6 Å². The van der Waals surface area contributed by atoms with Crippen molar-refractivity contribution in [2.24, 2.45) is 5.73 Å². The molecular weight excluding hydrogens is 426 g/mol. The van der Waals surface area contributed by atoms with Gasteiger partial charge < -0.3 is 10.5 Å². The number of hydrogen-bond acceptors (Lipinski definition) is 6. The lowest BCUT2D eigenvalue weighted by atomic mass is 9.93. The van der Waals surface area contributed by atoms with Gasteiger partial charge >= 0.3 is 0 Å². The monoisotopic (exact) mass is 454 g/mol. The molecule has 0 unspecified atom stereocenters. The van der Waals surface area contributed by atoms with Gasteiger partial charge in [-0.05, 0) is 43.0 Å². The van der Waals surface area contributed by atoms with Crippen LogP contribution in [0.15, 0.2) is 29.5 Å². The van der Waals surface area contributed by atoms with Crippen molar-refractivity contribution in [2.75, 3.05) is 26.2 Å². The van der Waals surface area contributed by atoms with Crippen molar-refractivity contribution in [3.05, 3.63) is 46.7 Å². The third-order valence-electron chi connectivity index (χ3n) is 7.00. The van der Waals surface area contributed by atoms with Crippen LogP contribution in [0.5, 0.6) is 0 Å². The van der Waals surface area contributed by atoms with Gasteiger partial charge in [0.25, 0.3) is 10.0 Å². The lowest BCUT2D eigenvalue weighted by Crippen LogP contribution is -2.51. The highest BCUT2D eigenvalue weighted by Crippen LogP contribution is 2.36. The Labute approximate surface area is 181 Å². The molecule has 5 rings (SSSR count). The van der Waals surface area contributed by atoms with Gasteiger partial charge in [0.15, 0.2) is 0 Å². The van der Waals surface area contributed by atoms with Gasteiger partial charge in [-0.3, -0.25) is 4.90 Å². The largest absolute Gasteiger partial charge is 0.370 e. The topological polar surface area (TPSA) is 87.9 Å². The summed E-state index contributed by atoms with van der Waals surface area (Å²) in [6, 6.07) is 2.82. The summed E-state index contributed by atoms with van der Waals surface area (Å²) in [7, 11) is -3.41. The number of hydrogen-bond donors (Lipinski definition) is 2. The van der Waals surface area contributed by atoms with Crippen molar-refractivity contribution < 1.29 is 21.9 Å². The van der Waals surface area contributed by atoms with Crippen molar-refractivity contribution in [1.82, 2.24) is 14.7 Å². The molecule has 3 N–H and O–H groups in total. The molecule has 31 heavy (non-hydrogen) atoms. The Balaban J connectivity index is 1.25. The fraction of sp³-hybridized carbons (Fsp3) is 0.619. The average molecular weight is 455 g/mol. The van der Waals surface area contributed by atoms with Crippen LogP contribution in [0.1, 0.15) is 43.8 Å². The molecule has 1 aliphatic carbocycles. The number of sulfonamides is 1. The molecule has 0 amide bonds. The number of hydrazine groups is 1. The Kier molecular flexibility index (Phi) is 5.54. The standard InChI is InChI=1S/C21H28F2N4O3S/c22-14-5-6-18(23)17(7-14)21-19(24)8-15(12-30-21)26-10-13-9-25-27(20(13)11-26)31(28,29)16-3-1-2-4-16/h5-7,15-16,19,21,25H,1-4,8-12,24H2/t15-,19+,21-/m1/s1. The van der Waals surface area contributed by atoms with E-state index in [0.717, 1.165) is 55.2 Å². The Bertz CT molecular complexity index is 996. The van der Waals surface area contributed by atoms with Crippen LogP contribution in [0.4, 0.5) is 8.78 Å². The van der Waals surface area contributed by atoms with E-state index in [1.54, 1.807) is 0 Å². The second-order valence-electron chi connectivity index (χ2n) is 8.98. The number of nitrogens with zero attached hydrogens (tertiary/aromatic N) is 2. The summed E-state index contributed by atoms with van der Waals surface area (Å²) in [6.45, 7) is 2.01. The van der Waals surface area contributed by atoms with E-state index in [-0.39, 0.29) is 16.9 Å². The maximum atomic E-state index is 14.2. The molecule has 3 heterocycles. The van der Waals surface area contributed by atoms with Gasteiger partial charge in [-0.15, -0.1) is 0 Å². The fourth-order valence-corrected chi connectivity index (χ4v) is 7.28. The second-order valence-corrected chi connectivity index (χ2v) is 11.0. The molecule has 0 aromatic heterocycles. The number of halogens is 2. The summed E-state index contributed by atoms with van der Waals surface area (Å²) in [5.74, 6) is -1.05. The van der Waals surface area contributed by atoms with Gasteiger partial charge in [0, 0.05) is 37.3 Å². The van der Waals surface area contributed by atoms with Gasteiger partial charge in [0.1, 0.15) is 17.7 Å². The molecule has 7 nitrogen and oxygen atoms in total. The second kappa shape index (κ2) is 8.08. The van der Waals surface area contributed by atoms with Crippen molar-refractivity contribution in [2.45, 2.75) is 55.5 Å². The molecule has 1 aromatic carbocycles. The molecule has 10 heteroatoms. The van der Waals surface area contributed by atoms with Gasteiger partial charge in [0.2, 0.25) is 0 Å². The van der Waals surface area contributed by atoms with Gasteiger partial charge in [-0.25, -0.2) is 27.0 Å². The molecule has 0 radical (unpaired) electrons. The summed E-state index contributed by atoms with van der Waals surface area (Å²) in [5.41, 5.74) is 11.4. The number of ether oxygens (including phenoxy) is 1. The summed E-state index contributed by atoms with van der Waals surface area (Å²) in [4.78, 5) is 2.18. The molecule has 1 saturated carbocycles. The fourth-order valence-electron chi connectivity index (χ4n) is 5.31. The predicted octanol–water partition coefficient (Wildman–Crippen LogP) is 1.78. The summed E-state index contributed by atoms with van der Waals surface area (Å²) < 4.78 is 61.2. The SMILES string of the molecule is N[C@H]1C[C@@H](N2CC3=C(C2)N(S(=O)(=O)C2CCCC2)NC3)CO[C@@H]1c1cc(F)ccc1F. The van der Waals surface area contributed by atoms with Crippen LogP contribution in [0.3, 0.4) is 0 Å². The number of nitrogens with two attached hydrogens (primary N) is 1. The molecule has 3 atom stereocenters. The molecule has 4 aliphatic rings. The summed E-state index contributed by atoms with van der Waals surface area (Å²) in [6.07, 6.45) is 3.21. The van der Waals surface area contributed by atoms with Crippen LogP contribution in [0, 0.1) is 11.6 Å². The molecule has 170 valence electrons. The molecule has 0 spiro atoms. The molecule has 1 saturated heterocycles. The van der Waals surface area contributed by atoms with E-state index in [9.17, 15) is 17.2 Å². The number of benzene rings is 1. The molecule has 0 bridgehead atoms. The van der Waals surface area contributed by atoms with E-state index in [1.165, 1.54) is 4.41 Å². The maximum Gasteiger partial charge on any atom is 0.251 e. The first-order valence-corrected chi connectivity index (χ1v) is 12.4. The van der Waals surface area contributed by atoms with Crippen molar-refractivity contribution in [1.29, 1.82) is 0 Å². The highest BCUT2D eigenvalue weighted by atomic mass is 32.2. The Morgan fingerprint density at radius 1 is 1.16 bits per heavy atom. The van der Waals surface area contributed by atoms with Crippen molar-refractivity contribution in [3.8, 4) is 0 Å². The van der Waals surface area contributed by atoms with Crippen LogP contribution in [0.25, 0.3) is 0 Å². The normalized spacial score (nSPS) is 30.4. The van der Waals surface area contributed by atoms with Crippen LogP contribution < -0.4 is 11.2 Å². The lowest BCUT2D eigenvalue weighted by Gasteiger charge is -2.39.